The standard InChI is InChI=1S/C21H22FN9O2/c1-29-12-14(11-26-29)20(33)30-8-4-21(3-6-23,5-9-30)31-13-16(18(24)32)19(28-31)27-15-2-7-25-17(22)10-15/h2,7,10-13H,3-5,8-9H2,1H3,(H2,24,32)(H,25,27,28). The van der Waals surface area contributed by atoms with E-state index < -0.39 is 17.4 Å². The van der Waals surface area contributed by atoms with Gasteiger partial charge in [0.1, 0.15) is 5.56 Å². The van der Waals surface area contributed by atoms with Gasteiger partial charge in [0.15, 0.2) is 5.82 Å². The van der Waals surface area contributed by atoms with Crippen LogP contribution >= 0.6 is 0 Å². The molecule has 0 bridgehead atoms. The van der Waals surface area contributed by atoms with Gasteiger partial charge in [-0.15, -0.1) is 0 Å². The van der Waals surface area contributed by atoms with Crippen molar-refractivity contribution in [1.82, 2.24) is 29.4 Å². The maximum atomic E-state index is 13.5. The third-order valence-electron chi connectivity index (χ3n) is 5.80. The van der Waals surface area contributed by atoms with Crippen molar-refractivity contribution in [2.24, 2.45) is 12.8 Å². The van der Waals surface area contributed by atoms with Gasteiger partial charge in [-0.1, -0.05) is 0 Å². The number of pyridine rings is 1. The molecule has 0 spiro atoms. The molecule has 170 valence electrons. The number of nitrogens with one attached hydrogen (secondary N) is 1. The van der Waals surface area contributed by atoms with Crippen LogP contribution in [0.3, 0.4) is 0 Å². The summed E-state index contributed by atoms with van der Waals surface area (Å²) in [4.78, 5) is 30.0. The first-order valence-corrected chi connectivity index (χ1v) is 10.2. The van der Waals surface area contributed by atoms with Crippen LogP contribution in [0.4, 0.5) is 15.9 Å². The molecule has 0 aliphatic carbocycles. The van der Waals surface area contributed by atoms with Crippen LogP contribution in [-0.2, 0) is 12.6 Å². The van der Waals surface area contributed by atoms with Gasteiger partial charge in [0, 0.05) is 50.5 Å². The Balaban J connectivity index is 1.59. The Morgan fingerprint density at radius 1 is 1.33 bits per heavy atom. The lowest BCUT2D eigenvalue weighted by molar-refractivity contribution is 0.0579. The molecule has 12 heteroatoms. The Morgan fingerprint density at radius 3 is 2.70 bits per heavy atom. The predicted molar refractivity (Wildman–Crippen MR) is 115 cm³/mol. The average molecular weight is 451 g/mol. The number of nitrogens with zero attached hydrogens (tertiary/aromatic N) is 7. The molecule has 4 rings (SSSR count). The maximum absolute atomic E-state index is 13.5. The Kier molecular flexibility index (Phi) is 5.78. The number of anilines is 2. The van der Waals surface area contributed by atoms with E-state index >= 15 is 0 Å². The second-order valence-electron chi connectivity index (χ2n) is 7.95. The number of primary amides is 1. The highest BCUT2D eigenvalue weighted by Crippen LogP contribution is 2.35. The normalized spacial score (nSPS) is 15.1. The quantitative estimate of drug-likeness (QED) is 0.540. The average Bonchev–Trinajstić information content (AvgIpc) is 3.41. The number of hydrogen-bond donors (Lipinski definition) is 2. The second-order valence-corrected chi connectivity index (χ2v) is 7.95. The van der Waals surface area contributed by atoms with Crippen molar-refractivity contribution in [1.29, 1.82) is 5.26 Å². The second kappa shape index (κ2) is 8.70. The van der Waals surface area contributed by atoms with E-state index in [4.69, 9.17) is 5.73 Å². The zero-order valence-corrected chi connectivity index (χ0v) is 17.9. The predicted octanol–water partition coefficient (Wildman–Crippen LogP) is 1.54. The molecule has 0 radical (unpaired) electrons. The van der Waals surface area contributed by atoms with E-state index in [1.165, 1.54) is 24.7 Å². The molecule has 1 aliphatic heterocycles. The lowest BCUT2D eigenvalue weighted by atomic mass is 9.84. The number of carbonyl (C=O) groups is 2. The van der Waals surface area contributed by atoms with Gasteiger partial charge in [-0.05, 0) is 18.9 Å². The van der Waals surface area contributed by atoms with Crippen molar-refractivity contribution >= 4 is 23.3 Å². The molecule has 4 heterocycles. The SMILES string of the molecule is Cn1cc(C(=O)N2CCC(CC#N)(n3cc(C(N)=O)c(Nc4ccnc(F)c4)n3)CC2)cn1. The van der Waals surface area contributed by atoms with Crippen molar-refractivity contribution in [2.45, 2.75) is 24.8 Å². The van der Waals surface area contributed by atoms with Crippen LogP contribution < -0.4 is 11.1 Å². The molecule has 11 nitrogen and oxygen atoms in total. The number of piperidine rings is 1. The molecule has 33 heavy (non-hydrogen) atoms. The number of aryl methyl sites for hydroxylation is 1. The topological polar surface area (TPSA) is 148 Å². The molecule has 3 aromatic rings. The summed E-state index contributed by atoms with van der Waals surface area (Å²) in [5.41, 5.74) is 5.77. The molecule has 0 unspecified atom stereocenters. The van der Waals surface area contributed by atoms with Crippen LogP contribution in [0.2, 0.25) is 0 Å². The fourth-order valence-electron chi connectivity index (χ4n) is 3.98. The first kappa shape index (κ1) is 21.9. The summed E-state index contributed by atoms with van der Waals surface area (Å²) in [5.74, 6) is -1.38. The van der Waals surface area contributed by atoms with Gasteiger partial charge in [0.2, 0.25) is 5.95 Å². The van der Waals surface area contributed by atoms with Crippen LogP contribution in [0.5, 0.6) is 0 Å². The van der Waals surface area contributed by atoms with Crippen LogP contribution in [0.1, 0.15) is 40.0 Å². The summed E-state index contributed by atoms with van der Waals surface area (Å²) in [6.45, 7) is 0.805. The minimum Gasteiger partial charge on any atom is -0.365 e. The number of nitrogens with two attached hydrogens (primary N) is 1. The molecular formula is C21H22FN9O2. The van der Waals surface area contributed by atoms with Gasteiger partial charge in [-0.25, -0.2) is 4.98 Å². The lowest BCUT2D eigenvalue weighted by Gasteiger charge is -2.40. The fourth-order valence-corrected chi connectivity index (χ4v) is 3.98. The summed E-state index contributed by atoms with van der Waals surface area (Å²) >= 11 is 0. The van der Waals surface area contributed by atoms with Crippen molar-refractivity contribution < 1.29 is 14.0 Å². The minimum atomic E-state index is -0.728. The molecule has 2 amide bonds. The number of likely N-dealkylation sites (tertiary alicyclic amines) is 1. The maximum Gasteiger partial charge on any atom is 0.257 e. The van der Waals surface area contributed by atoms with Gasteiger partial charge < -0.3 is 16.0 Å². The third-order valence-corrected chi connectivity index (χ3v) is 5.80. The van der Waals surface area contributed by atoms with Crippen LogP contribution in [0, 0.1) is 17.3 Å². The van der Waals surface area contributed by atoms with Crippen molar-refractivity contribution in [3.8, 4) is 6.07 Å². The fraction of sp³-hybridized carbons (Fsp3) is 0.333. The summed E-state index contributed by atoms with van der Waals surface area (Å²) < 4.78 is 16.6. The van der Waals surface area contributed by atoms with Gasteiger partial charge >= 0.3 is 0 Å². The van der Waals surface area contributed by atoms with E-state index in [-0.39, 0.29) is 23.7 Å². The van der Waals surface area contributed by atoms with Crippen molar-refractivity contribution in [3.63, 3.8) is 0 Å². The number of aromatic nitrogens is 5. The Morgan fingerprint density at radius 2 is 2.09 bits per heavy atom. The van der Waals surface area contributed by atoms with Gasteiger partial charge in [-0.2, -0.15) is 19.8 Å². The Bertz CT molecular complexity index is 1230. The molecule has 1 fully saturated rings. The van der Waals surface area contributed by atoms with Gasteiger partial charge in [-0.3, -0.25) is 19.0 Å². The van der Waals surface area contributed by atoms with E-state index in [9.17, 15) is 19.2 Å². The molecule has 0 saturated carbocycles. The van der Waals surface area contributed by atoms with Gasteiger partial charge in [0.05, 0.1) is 29.8 Å². The number of halogens is 1. The Labute approximate surface area is 188 Å². The van der Waals surface area contributed by atoms with E-state index in [0.29, 0.717) is 37.2 Å². The summed E-state index contributed by atoms with van der Waals surface area (Å²) in [6, 6.07) is 4.89. The molecule has 0 atom stereocenters. The first-order chi connectivity index (χ1) is 15.8. The Hall–Kier alpha value is -4.27. The largest absolute Gasteiger partial charge is 0.365 e. The van der Waals surface area contributed by atoms with Crippen molar-refractivity contribution in [3.05, 3.63) is 54.0 Å². The molecule has 1 saturated heterocycles. The zero-order chi connectivity index (χ0) is 23.6. The third kappa shape index (κ3) is 4.38. The monoisotopic (exact) mass is 451 g/mol. The summed E-state index contributed by atoms with van der Waals surface area (Å²) in [5, 5.41) is 20.9. The minimum absolute atomic E-state index is 0.110. The zero-order valence-electron chi connectivity index (χ0n) is 17.9. The number of amides is 2. The summed E-state index contributed by atoms with van der Waals surface area (Å²) in [6.07, 6.45) is 7.00. The van der Waals surface area contributed by atoms with Crippen LogP contribution in [0.15, 0.2) is 36.9 Å². The number of hydrogen-bond acceptors (Lipinski definition) is 7. The molecule has 0 aromatic carbocycles. The highest BCUT2D eigenvalue weighted by molar-refractivity contribution is 5.98. The van der Waals surface area contributed by atoms with E-state index in [0.717, 1.165) is 6.07 Å². The summed E-state index contributed by atoms with van der Waals surface area (Å²) in [7, 11) is 1.74. The van der Waals surface area contributed by atoms with Crippen molar-refractivity contribution in [2.75, 3.05) is 18.4 Å². The van der Waals surface area contributed by atoms with Crippen LogP contribution in [-0.4, -0.2) is 54.3 Å². The number of rotatable bonds is 6. The highest BCUT2D eigenvalue weighted by atomic mass is 19.1. The first-order valence-electron chi connectivity index (χ1n) is 10.2. The van der Waals surface area contributed by atoms with E-state index in [1.54, 1.807) is 27.5 Å². The van der Waals surface area contributed by atoms with Gasteiger partial charge in [0.25, 0.3) is 11.8 Å². The van der Waals surface area contributed by atoms with E-state index in [1.807, 2.05) is 0 Å². The number of carbonyl (C=O) groups excluding carboxylic acids is 2. The van der Waals surface area contributed by atoms with E-state index in [2.05, 4.69) is 26.6 Å². The smallest absolute Gasteiger partial charge is 0.257 e. The molecular weight excluding hydrogens is 429 g/mol. The number of nitriles is 1. The lowest BCUT2D eigenvalue weighted by Crippen LogP contribution is -2.48. The molecule has 3 aromatic heterocycles. The molecule has 1 aliphatic rings. The van der Waals surface area contributed by atoms with Crippen LogP contribution in [0.25, 0.3) is 0 Å². The highest BCUT2D eigenvalue weighted by Gasteiger charge is 2.39. The molecule has 3 N–H and O–H groups in total.